The molecule has 8 heteroatoms. The van der Waals surface area contributed by atoms with Crippen LogP contribution in [0, 0.1) is 5.92 Å². The molecule has 2 aromatic rings. The Morgan fingerprint density at radius 2 is 1.94 bits per heavy atom. The average molecular weight is 438 g/mol. The van der Waals surface area contributed by atoms with Crippen molar-refractivity contribution in [1.82, 2.24) is 0 Å². The summed E-state index contributed by atoms with van der Waals surface area (Å²) in [7, 11) is 0. The number of amides is 2. The van der Waals surface area contributed by atoms with Gasteiger partial charge in [-0.2, -0.15) is 0 Å². The van der Waals surface area contributed by atoms with Gasteiger partial charge in [-0.05, 0) is 32.0 Å². The van der Waals surface area contributed by atoms with Crippen molar-refractivity contribution in [2.75, 3.05) is 36.6 Å². The molecule has 1 N–H and O–H groups in total. The van der Waals surface area contributed by atoms with Crippen molar-refractivity contribution in [3.63, 3.8) is 0 Å². The van der Waals surface area contributed by atoms with Gasteiger partial charge in [-0.1, -0.05) is 0 Å². The van der Waals surface area contributed by atoms with Gasteiger partial charge in [0, 0.05) is 42.8 Å². The predicted octanol–water partition coefficient (Wildman–Crippen LogP) is 3.17. The van der Waals surface area contributed by atoms with Gasteiger partial charge in [0.1, 0.15) is 30.8 Å². The fourth-order valence-electron chi connectivity index (χ4n) is 4.38. The minimum Gasteiger partial charge on any atom is -0.492 e. The first-order chi connectivity index (χ1) is 15.5. The summed E-state index contributed by atoms with van der Waals surface area (Å²) in [5.74, 6) is 1.87. The molecule has 168 valence electrons. The molecule has 8 nitrogen and oxygen atoms in total. The van der Waals surface area contributed by atoms with Crippen molar-refractivity contribution in [3.8, 4) is 23.0 Å². The lowest BCUT2D eigenvalue weighted by Crippen LogP contribution is -2.28. The predicted molar refractivity (Wildman–Crippen MR) is 118 cm³/mol. The molecule has 0 saturated carbocycles. The van der Waals surface area contributed by atoms with E-state index in [9.17, 15) is 9.59 Å². The van der Waals surface area contributed by atoms with Crippen LogP contribution in [0.5, 0.6) is 23.0 Å². The molecule has 5 rings (SSSR count). The molecule has 3 heterocycles. The van der Waals surface area contributed by atoms with E-state index >= 15 is 0 Å². The molecule has 0 aliphatic carbocycles. The summed E-state index contributed by atoms with van der Waals surface area (Å²) in [4.78, 5) is 27.4. The van der Waals surface area contributed by atoms with Crippen LogP contribution in [0.3, 0.4) is 0 Å². The van der Waals surface area contributed by atoms with Crippen LogP contribution < -0.4 is 29.2 Å². The van der Waals surface area contributed by atoms with Gasteiger partial charge in [-0.15, -0.1) is 0 Å². The first-order valence-corrected chi connectivity index (χ1v) is 11.0. The van der Waals surface area contributed by atoms with E-state index in [0.29, 0.717) is 55.0 Å². The first-order valence-electron chi connectivity index (χ1n) is 11.0. The number of fused-ring (bicyclic) bond motifs is 2. The molecule has 0 aromatic heterocycles. The summed E-state index contributed by atoms with van der Waals surface area (Å²) in [6.07, 6.45) is 1.05. The average Bonchev–Trinajstić information content (AvgIpc) is 3.35. The summed E-state index contributed by atoms with van der Waals surface area (Å²) < 4.78 is 22.8. The minimum absolute atomic E-state index is 0.0948. The van der Waals surface area contributed by atoms with Gasteiger partial charge in [0.15, 0.2) is 11.5 Å². The lowest BCUT2D eigenvalue weighted by molar-refractivity contribution is -0.122. The van der Waals surface area contributed by atoms with Gasteiger partial charge in [-0.25, -0.2) is 0 Å². The third-order valence-electron chi connectivity index (χ3n) is 5.89. The number of carbonyl (C=O) groups is 2. The topological polar surface area (TPSA) is 86.3 Å². The third kappa shape index (κ3) is 3.81. The smallest absolute Gasteiger partial charge is 0.229 e. The van der Waals surface area contributed by atoms with Crippen LogP contribution in [-0.2, 0) is 16.0 Å². The molecule has 0 radical (unpaired) electrons. The molecule has 1 fully saturated rings. The molecule has 2 atom stereocenters. The zero-order chi connectivity index (χ0) is 22.2. The number of rotatable bonds is 5. The number of nitrogens with zero attached hydrogens (tertiary/aromatic N) is 1. The van der Waals surface area contributed by atoms with Crippen LogP contribution in [-0.4, -0.2) is 44.3 Å². The van der Waals surface area contributed by atoms with Crippen LogP contribution >= 0.6 is 0 Å². The Balaban J connectivity index is 1.32. The molecule has 2 amide bonds. The lowest BCUT2D eigenvalue weighted by atomic mass is 10.1. The van der Waals surface area contributed by atoms with E-state index < -0.39 is 5.92 Å². The summed E-state index contributed by atoms with van der Waals surface area (Å²) in [6.45, 7) is 5.67. The van der Waals surface area contributed by atoms with E-state index in [-0.39, 0.29) is 24.3 Å². The van der Waals surface area contributed by atoms with Crippen molar-refractivity contribution in [1.29, 1.82) is 0 Å². The Bertz CT molecular complexity index is 1070. The van der Waals surface area contributed by atoms with Crippen LogP contribution in [0.4, 0.5) is 11.4 Å². The SMILES string of the molecule is CCOc1cc2c(cc1NC(=O)[C@H]1CC(=O)N(c3ccc4c(c3)OCCO4)C1)O[C@H](C)C2. The maximum atomic E-state index is 13.1. The fraction of sp³-hybridized carbons (Fsp3) is 0.417. The minimum atomic E-state index is -0.474. The highest BCUT2D eigenvalue weighted by Gasteiger charge is 2.36. The van der Waals surface area contributed by atoms with Crippen LogP contribution in [0.2, 0.25) is 0 Å². The van der Waals surface area contributed by atoms with Gasteiger partial charge < -0.3 is 29.2 Å². The number of anilines is 2. The monoisotopic (exact) mass is 438 g/mol. The number of hydrogen-bond donors (Lipinski definition) is 1. The normalized spacial score (nSPS) is 21.2. The highest BCUT2D eigenvalue weighted by Crippen LogP contribution is 2.39. The van der Waals surface area contributed by atoms with E-state index in [1.54, 1.807) is 17.0 Å². The highest BCUT2D eigenvalue weighted by atomic mass is 16.6. The Hall–Kier alpha value is -3.42. The lowest BCUT2D eigenvalue weighted by Gasteiger charge is -2.22. The van der Waals surface area contributed by atoms with Crippen LogP contribution in [0.1, 0.15) is 25.8 Å². The number of nitrogens with one attached hydrogen (secondary N) is 1. The fourth-order valence-corrected chi connectivity index (χ4v) is 4.38. The van der Waals surface area contributed by atoms with Crippen LogP contribution in [0.15, 0.2) is 30.3 Å². The second kappa shape index (κ2) is 8.26. The van der Waals surface area contributed by atoms with Crippen molar-refractivity contribution < 1.29 is 28.5 Å². The van der Waals surface area contributed by atoms with E-state index in [4.69, 9.17) is 18.9 Å². The Morgan fingerprint density at radius 1 is 1.12 bits per heavy atom. The molecular weight excluding hydrogens is 412 g/mol. The van der Waals surface area contributed by atoms with Crippen molar-refractivity contribution in [3.05, 3.63) is 35.9 Å². The van der Waals surface area contributed by atoms with Gasteiger partial charge in [0.25, 0.3) is 0 Å². The summed E-state index contributed by atoms with van der Waals surface area (Å²) in [6, 6.07) is 9.15. The largest absolute Gasteiger partial charge is 0.492 e. The quantitative estimate of drug-likeness (QED) is 0.772. The third-order valence-corrected chi connectivity index (χ3v) is 5.89. The molecule has 2 aromatic carbocycles. The van der Waals surface area contributed by atoms with E-state index in [1.165, 1.54) is 0 Å². The van der Waals surface area contributed by atoms with Crippen molar-refractivity contribution in [2.24, 2.45) is 5.92 Å². The molecular formula is C24H26N2O6. The molecule has 3 aliphatic heterocycles. The zero-order valence-corrected chi connectivity index (χ0v) is 18.2. The van der Waals surface area contributed by atoms with Crippen LogP contribution in [0.25, 0.3) is 0 Å². The molecule has 0 unspecified atom stereocenters. The van der Waals surface area contributed by atoms with E-state index in [1.807, 2.05) is 32.0 Å². The zero-order valence-electron chi connectivity index (χ0n) is 18.2. The number of benzene rings is 2. The first kappa shape index (κ1) is 20.5. The number of hydrogen-bond acceptors (Lipinski definition) is 6. The molecule has 32 heavy (non-hydrogen) atoms. The van der Waals surface area contributed by atoms with Gasteiger partial charge in [0.05, 0.1) is 18.2 Å². The van der Waals surface area contributed by atoms with E-state index in [0.717, 1.165) is 17.7 Å². The summed E-state index contributed by atoms with van der Waals surface area (Å²) in [5.41, 5.74) is 2.33. The standard InChI is InChI=1S/C24H26N2O6/c1-3-29-21-9-15-8-14(2)32-20(15)12-18(21)25-24(28)16-10-23(27)26(13-16)17-4-5-19-22(11-17)31-7-6-30-19/h4-5,9,11-12,14,16H,3,6-8,10,13H2,1-2H3,(H,25,28)/t14-,16+/m1/s1. The molecule has 0 bridgehead atoms. The molecule has 0 spiro atoms. The molecule has 3 aliphatic rings. The highest BCUT2D eigenvalue weighted by molar-refractivity contribution is 6.04. The summed E-state index contributed by atoms with van der Waals surface area (Å²) >= 11 is 0. The Kier molecular flexibility index (Phi) is 5.28. The second-order valence-corrected chi connectivity index (χ2v) is 8.24. The number of carbonyl (C=O) groups excluding carboxylic acids is 2. The second-order valence-electron chi connectivity index (χ2n) is 8.24. The van der Waals surface area contributed by atoms with Gasteiger partial charge in [-0.3, -0.25) is 9.59 Å². The van der Waals surface area contributed by atoms with E-state index in [2.05, 4.69) is 5.32 Å². The van der Waals surface area contributed by atoms with Crippen molar-refractivity contribution in [2.45, 2.75) is 32.8 Å². The Labute approximate surface area is 186 Å². The van der Waals surface area contributed by atoms with Gasteiger partial charge in [0.2, 0.25) is 11.8 Å². The summed E-state index contributed by atoms with van der Waals surface area (Å²) in [5, 5.41) is 2.96. The molecule has 1 saturated heterocycles. The van der Waals surface area contributed by atoms with Crippen molar-refractivity contribution >= 4 is 23.2 Å². The Morgan fingerprint density at radius 3 is 2.75 bits per heavy atom. The maximum absolute atomic E-state index is 13.1. The number of ether oxygens (including phenoxy) is 4. The maximum Gasteiger partial charge on any atom is 0.229 e. The van der Waals surface area contributed by atoms with Gasteiger partial charge >= 0.3 is 0 Å².